The predicted molar refractivity (Wildman–Crippen MR) is 37.4 cm³/mol. The molecule has 0 unspecified atom stereocenters. The molecule has 1 fully saturated rings. The summed E-state index contributed by atoms with van der Waals surface area (Å²) in [6.45, 7) is 0. The van der Waals surface area contributed by atoms with Crippen molar-refractivity contribution < 1.29 is 23.9 Å². The Morgan fingerprint density at radius 3 is 2.08 bits per heavy atom. The third-order valence-corrected chi connectivity index (χ3v) is 1.53. The van der Waals surface area contributed by atoms with Crippen LogP contribution in [0.5, 0.6) is 0 Å². The van der Waals surface area contributed by atoms with Crippen molar-refractivity contribution in [2.75, 3.05) is 14.2 Å². The molecule has 1 aliphatic heterocycles. The van der Waals surface area contributed by atoms with Crippen LogP contribution < -0.4 is 0 Å². The van der Waals surface area contributed by atoms with E-state index in [2.05, 4.69) is 4.74 Å². The van der Waals surface area contributed by atoms with Crippen molar-refractivity contribution in [1.29, 1.82) is 0 Å². The number of hydrogen-bond acceptors (Lipinski definition) is 5. The summed E-state index contributed by atoms with van der Waals surface area (Å²) in [5.41, 5.74) is 0. The van der Waals surface area contributed by atoms with E-state index in [9.17, 15) is 19.2 Å². The van der Waals surface area contributed by atoms with Crippen LogP contribution in [-0.2, 0) is 14.3 Å². The normalized spacial score (nSPS) is 16.9. The predicted octanol–water partition coefficient (Wildman–Crippen LogP) is -0.827. The SMILES string of the molecule is COC(=O)N1C(=O)C(=O)N(C)C1=O. The fourth-order valence-electron chi connectivity index (χ4n) is 0.815. The van der Waals surface area contributed by atoms with Crippen LogP contribution in [0.2, 0.25) is 0 Å². The maximum Gasteiger partial charge on any atom is 0.425 e. The van der Waals surface area contributed by atoms with E-state index in [1.807, 2.05) is 0 Å². The average molecular weight is 186 g/mol. The third-order valence-electron chi connectivity index (χ3n) is 1.53. The molecule has 7 nitrogen and oxygen atoms in total. The molecule has 0 aromatic heterocycles. The van der Waals surface area contributed by atoms with E-state index in [-0.39, 0.29) is 4.90 Å². The van der Waals surface area contributed by atoms with Gasteiger partial charge in [-0.3, -0.25) is 14.5 Å². The number of methoxy groups -OCH3 is 1. The van der Waals surface area contributed by atoms with E-state index in [1.54, 1.807) is 0 Å². The Bertz CT molecular complexity index is 310. The maximum atomic E-state index is 11.0. The summed E-state index contributed by atoms with van der Waals surface area (Å²) in [6.07, 6.45) is -1.16. The first-order valence-electron chi connectivity index (χ1n) is 3.24. The first kappa shape index (κ1) is 9.17. The van der Waals surface area contributed by atoms with Gasteiger partial charge in [0.15, 0.2) is 0 Å². The van der Waals surface area contributed by atoms with Crippen molar-refractivity contribution >= 4 is 23.9 Å². The van der Waals surface area contributed by atoms with E-state index in [0.29, 0.717) is 4.90 Å². The molecule has 0 atom stereocenters. The molecule has 13 heavy (non-hydrogen) atoms. The molecular weight excluding hydrogens is 180 g/mol. The zero-order valence-electron chi connectivity index (χ0n) is 6.94. The van der Waals surface area contributed by atoms with Crippen LogP contribution >= 0.6 is 0 Å². The number of amides is 5. The number of carbonyl (C=O) groups is 4. The second kappa shape index (κ2) is 2.85. The fourth-order valence-corrected chi connectivity index (χ4v) is 0.815. The average Bonchev–Trinajstić information content (AvgIpc) is 2.30. The summed E-state index contributed by atoms with van der Waals surface area (Å²) in [7, 11) is 2.11. The van der Waals surface area contributed by atoms with Gasteiger partial charge < -0.3 is 4.74 Å². The van der Waals surface area contributed by atoms with Crippen molar-refractivity contribution in [1.82, 2.24) is 9.80 Å². The highest BCUT2D eigenvalue weighted by atomic mass is 16.5. The van der Waals surface area contributed by atoms with Gasteiger partial charge in [0.1, 0.15) is 0 Å². The summed E-state index contributed by atoms with van der Waals surface area (Å²) < 4.78 is 4.14. The van der Waals surface area contributed by atoms with Crippen LogP contribution in [0.25, 0.3) is 0 Å². The smallest absolute Gasteiger partial charge is 0.425 e. The van der Waals surface area contributed by atoms with E-state index in [1.165, 1.54) is 0 Å². The second-order valence-electron chi connectivity index (χ2n) is 2.26. The molecule has 1 saturated heterocycles. The summed E-state index contributed by atoms with van der Waals surface area (Å²) in [6, 6.07) is -0.998. The molecule has 70 valence electrons. The quantitative estimate of drug-likeness (QED) is 0.364. The topological polar surface area (TPSA) is 84.0 Å². The lowest BCUT2D eigenvalue weighted by molar-refractivity contribution is -0.142. The lowest BCUT2D eigenvalue weighted by Gasteiger charge is -2.08. The first-order valence-corrected chi connectivity index (χ1v) is 3.24. The maximum absolute atomic E-state index is 11.0. The minimum absolute atomic E-state index is 0.141. The molecule has 5 amide bonds. The molecule has 0 saturated carbocycles. The minimum Gasteiger partial charge on any atom is -0.452 e. The molecule has 0 radical (unpaired) electrons. The molecular formula is C6H6N2O5. The highest BCUT2D eigenvalue weighted by molar-refractivity contribution is 6.47. The number of imide groups is 4. The van der Waals surface area contributed by atoms with Crippen LogP contribution in [0.3, 0.4) is 0 Å². The van der Waals surface area contributed by atoms with Gasteiger partial charge in [0, 0.05) is 7.05 Å². The standard InChI is InChI=1S/C6H6N2O5/c1-7-3(9)4(10)8(5(7)11)6(12)13-2/h1-2H3. The Kier molecular flexibility index (Phi) is 2.01. The lowest BCUT2D eigenvalue weighted by atomic mass is 10.5. The van der Waals surface area contributed by atoms with Gasteiger partial charge in [0.05, 0.1) is 7.11 Å². The largest absolute Gasteiger partial charge is 0.452 e. The van der Waals surface area contributed by atoms with Gasteiger partial charge in [-0.2, -0.15) is 4.90 Å². The Morgan fingerprint density at radius 1 is 1.23 bits per heavy atom. The van der Waals surface area contributed by atoms with Crippen molar-refractivity contribution in [3.63, 3.8) is 0 Å². The Morgan fingerprint density at radius 2 is 1.77 bits per heavy atom. The molecule has 1 aliphatic rings. The van der Waals surface area contributed by atoms with Gasteiger partial charge in [0.25, 0.3) is 0 Å². The van der Waals surface area contributed by atoms with Crippen LogP contribution in [0.4, 0.5) is 9.59 Å². The number of carbonyl (C=O) groups excluding carboxylic acids is 4. The zero-order chi connectivity index (χ0) is 10.2. The number of rotatable bonds is 0. The molecule has 7 heteroatoms. The molecule has 1 rings (SSSR count). The van der Waals surface area contributed by atoms with Crippen LogP contribution in [-0.4, -0.2) is 47.9 Å². The van der Waals surface area contributed by atoms with Gasteiger partial charge >= 0.3 is 23.9 Å². The zero-order valence-corrected chi connectivity index (χ0v) is 6.94. The van der Waals surface area contributed by atoms with E-state index < -0.39 is 23.9 Å². The molecule has 0 aromatic rings. The molecule has 1 heterocycles. The number of ether oxygens (including phenoxy) is 1. The van der Waals surface area contributed by atoms with Crippen molar-refractivity contribution in [3.8, 4) is 0 Å². The first-order chi connectivity index (χ1) is 6.00. The molecule has 0 spiro atoms. The molecule has 0 bridgehead atoms. The highest BCUT2D eigenvalue weighted by Crippen LogP contribution is 2.10. The molecule has 0 N–H and O–H groups in total. The van der Waals surface area contributed by atoms with Crippen molar-refractivity contribution in [2.45, 2.75) is 0 Å². The number of urea groups is 1. The Hall–Kier alpha value is -1.92. The minimum atomic E-state index is -1.20. The number of nitrogens with zero attached hydrogens (tertiary/aromatic N) is 2. The van der Waals surface area contributed by atoms with Crippen molar-refractivity contribution in [2.24, 2.45) is 0 Å². The van der Waals surface area contributed by atoms with Crippen molar-refractivity contribution in [3.05, 3.63) is 0 Å². The fraction of sp³-hybridized carbons (Fsp3) is 0.333. The summed E-state index contributed by atoms with van der Waals surface area (Å²) in [5, 5.41) is 0. The number of likely N-dealkylation sites (N-methyl/N-ethyl adjacent to an activating group) is 1. The summed E-state index contributed by atoms with van der Waals surface area (Å²) in [5.74, 6) is -2.24. The highest BCUT2D eigenvalue weighted by Gasteiger charge is 2.46. The van der Waals surface area contributed by atoms with Gasteiger partial charge in [-0.05, 0) is 0 Å². The van der Waals surface area contributed by atoms with E-state index >= 15 is 0 Å². The molecule has 0 aliphatic carbocycles. The number of hydrogen-bond donors (Lipinski definition) is 0. The van der Waals surface area contributed by atoms with Crippen LogP contribution in [0, 0.1) is 0 Å². The van der Waals surface area contributed by atoms with E-state index in [0.717, 1.165) is 14.2 Å². The van der Waals surface area contributed by atoms with Gasteiger partial charge in [-0.25, -0.2) is 9.59 Å². The van der Waals surface area contributed by atoms with Crippen LogP contribution in [0.15, 0.2) is 0 Å². The Balaban J connectivity index is 3.01. The van der Waals surface area contributed by atoms with Gasteiger partial charge in [0.2, 0.25) is 0 Å². The van der Waals surface area contributed by atoms with Gasteiger partial charge in [-0.1, -0.05) is 0 Å². The third kappa shape index (κ3) is 1.13. The van der Waals surface area contributed by atoms with Crippen LogP contribution in [0.1, 0.15) is 0 Å². The van der Waals surface area contributed by atoms with Gasteiger partial charge in [-0.15, -0.1) is 0 Å². The monoisotopic (exact) mass is 186 g/mol. The van der Waals surface area contributed by atoms with E-state index in [4.69, 9.17) is 0 Å². The lowest BCUT2D eigenvalue weighted by Crippen LogP contribution is -2.37. The summed E-state index contributed by atoms with van der Waals surface area (Å²) >= 11 is 0. The Labute approximate surface area is 72.8 Å². The second-order valence-corrected chi connectivity index (χ2v) is 2.26. The summed E-state index contributed by atoms with van der Waals surface area (Å²) in [4.78, 5) is 44.3. The molecule has 0 aromatic carbocycles.